The van der Waals surface area contributed by atoms with Crippen LogP contribution in [0.1, 0.15) is 24.3 Å². The summed E-state index contributed by atoms with van der Waals surface area (Å²) in [7, 11) is -2.85. The van der Waals surface area contributed by atoms with Crippen LogP contribution in [0.4, 0.5) is 0 Å². The Hall–Kier alpha value is 0.130. The van der Waals surface area contributed by atoms with E-state index in [2.05, 4.69) is 37.9 Å². The minimum Gasteiger partial charge on any atom is -0.229 e. The smallest absolute Gasteiger partial charge is 0.147 e. The molecule has 0 spiro atoms. The van der Waals surface area contributed by atoms with Crippen LogP contribution in [-0.2, 0) is 9.84 Å². The van der Waals surface area contributed by atoms with Gasteiger partial charge in [0.2, 0.25) is 0 Å². The fourth-order valence-electron chi connectivity index (χ4n) is 1.71. The Kier molecular flexibility index (Phi) is 6.17. The second kappa shape index (κ2) is 6.90. The van der Waals surface area contributed by atoms with Crippen molar-refractivity contribution in [1.29, 1.82) is 0 Å². The van der Waals surface area contributed by atoms with Gasteiger partial charge in [0, 0.05) is 21.8 Å². The molecule has 0 aliphatic rings. The molecule has 1 unspecified atom stereocenters. The van der Waals surface area contributed by atoms with Crippen molar-refractivity contribution in [2.24, 2.45) is 0 Å². The predicted octanol–water partition coefficient (Wildman–Crippen LogP) is 3.75. The molecule has 0 amide bonds. The topological polar surface area (TPSA) is 34.1 Å². The Balaban J connectivity index is 2.64. The summed E-state index contributed by atoms with van der Waals surface area (Å²) in [6.07, 6.45) is 2.87. The summed E-state index contributed by atoms with van der Waals surface area (Å²) >= 11 is 7.03. The van der Waals surface area contributed by atoms with E-state index < -0.39 is 9.84 Å². The minimum absolute atomic E-state index is 0.265. The molecule has 0 heterocycles. The molecule has 1 aromatic rings. The Morgan fingerprint density at radius 2 is 1.94 bits per heavy atom. The third-order valence-electron chi connectivity index (χ3n) is 2.60. The van der Waals surface area contributed by atoms with Crippen LogP contribution in [0.5, 0.6) is 0 Å². The van der Waals surface area contributed by atoms with Gasteiger partial charge in [-0.15, -0.1) is 0 Å². The molecule has 1 atom stereocenters. The molecule has 5 heteroatoms. The van der Waals surface area contributed by atoms with Crippen molar-refractivity contribution >= 4 is 41.7 Å². The molecule has 0 aliphatic heterocycles. The number of benzene rings is 1. The van der Waals surface area contributed by atoms with E-state index in [1.54, 1.807) is 0 Å². The number of rotatable bonds is 6. The molecule has 2 nitrogen and oxygen atoms in total. The Morgan fingerprint density at radius 3 is 2.47 bits per heavy atom. The molecule has 0 bridgehead atoms. The molecule has 0 aliphatic carbocycles. The van der Waals surface area contributed by atoms with Crippen molar-refractivity contribution in [3.05, 3.63) is 34.3 Å². The molecule has 0 saturated heterocycles. The summed E-state index contributed by atoms with van der Waals surface area (Å²) in [6.45, 7) is 0. The van der Waals surface area contributed by atoms with Crippen molar-refractivity contribution in [1.82, 2.24) is 0 Å². The highest BCUT2D eigenvalue weighted by Crippen LogP contribution is 2.29. The van der Waals surface area contributed by atoms with Crippen molar-refractivity contribution in [3.63, 3.8) is 0 Å². The van der Waals surface area contributed by atoms with Crippen molar-refractivity contribution < 1.29 is 8.42 Å². The lowest BCUT2D eigenvalue weighted by Gasteiger charge is -2.15. The van der Waals surface area contributed by atoms with E-state index >= 15 is 0 Å². The van der Waals surface area contributed by atoms with Gasteiger partial charge in [0.25, 0.3) is 0 Å². The number of hydrogen-bond donors (Lipinski definition) is 0. The molecule has 1 aromatic carbocycles. The first-order valence-electron chi connectivity index (χ1n) is 5.42. The first-order chi connectivity index (χ1) is 7.94. The summed E-state index contributed by atoms with van der Waals surface area (Å²) in [5.41, 5.74) is 1.23. The van der Waals surface area contributed by atoms with E-state index in [0.717, 1.165) is 16.2 Å². The lowest BCUT2D eigenvalue weighted by Crippen LogP contribution is -2.07. The van der Waals surface area contributed by atoms with E-state index in [4.69, 9.17) is 0 Å². The lowest BCUT2D eigenvalue weighted by molar-refractivity contribution is 0.592. The highest BCUT2D eigenvalue weighted by atomic mass is 79.9. The number of sulfone groups is 1. The van der Waals surface area contributed by atoms with Crippen LogP contribution in [0.3, 0.4) is 0 Å². The highest BCUT2D eigenvalue weighted by Gasteiger charge is 2.13. The van der Waals surface area contributed by atoms with Gasteiger partial charge in [0.1, 0.15) is 9.84 Å². The van der Waals surface area contributed by atoms with Gasteiger partial charge in [0.15, 0.2) is 0 Å². The van der Waals surface area contributed by atoms with Gasteiger partial charge in [0.05, 0.1) is 0 Å². The van der Waals surface area contributed by atoms with E-state index in [0.29, 0.717) is 12.3 Å². The lowest BCUT2D eigenvalue weighted by atomic mass is 9.97. The number of alkyl halides is 1. The Morgan fingerprint density at radius 1 is 1.29 bits per heavy atom. The fourth-order valence-corrected chi connectivity index (χ4v) is 3.69. The predicted molar refractivity (Wildman–Crippen MR) is 79.6 cm³/mol. The highest BCUT2D eigenvalue weighted by molar-refractivity contribution is 9.10. The van der Waals surface area contributed by atoms with E-state index in [9.17, 15) is 8.42 Å². The van der Waals surface area contributed by atoms with Crippen LogP contribution in [0.15, 0.2) is 28.7 Å². The Labute approximate surface area is 120 Å². The van der Waals surface area contributed by atoms with Crippen LogP contribution in [-0.4, -0.2) is 25.8 Å². The number of hydrogen-bond acceptors (Lipinski definition) is 2. The molecule has 0 aromatic heterocycles. The maximum Gasteiger partial charge on any atom is 0.147 e. The maximum atomic E-state index is 11.1. The van der Waals surface area contributed by atoms with Gasteiger partial charge in [-0.05, 0) is 30.4 Å². The second-order valence-electron chi connectivity index (χ2n) is 4.14. The molecular formula is C12H16Br2O2S. The van der Waals surface area contributed by atoms with Gasteiger partial charge in [-0.1, -0.05) is 50.1 Å². The summed E-state index contributed by atoms with van der Waals surface area (Å²) in [5, 5.41) is 0.847. The second-order valence-corrected chi connectivity index (χ2v) is 7.91. The number of halogens is 2. The van der Waals surface area contributed by atoms with Gasteiger partial charge >= 0.3 is 0 Å². The zero-order valence-electron chi connectivity index (χ0n) is 9.70. The summed E-state index contributed by atoms with van der Waals surface area (Å²) < 4.78 is 23.3. The molecule has 0 saturated carbocycles. The first-order valence-corrected chi connectivity index (χ1v) is 9.39. The van der Waals surface area contributed by atoms with Crippen LogP contribution >= 0.6 is 31.9 Å². The largest absolute Gasteiger partial charge is 0.229 e. The zero-order chi connectivity index (χ0) is 12.9. The van der Waals surface area contributed by atoms with Gasteiger partial charge in [-0.2, -0.15) is 0 Å². The third-order valence-corrected chi connectivity index (χ3v) is 5.13. The monoisotopic (exact) mass is 382 g/mol. The van der Waals surface area contributed by atoms with Crippen molar-refractivity contribution in [3.8, 4) is 0 Å². The first kappa shape index (κ1) is 15.2. The summed E-state index contributed by atoms with van der Waals surface area (Å²) in [5.74, 6) is 0.619. The van der Waals surface area contributed by atoms with Crippen molar-refractivity contribution in [2.45, 2.75) is 18.8 Å². The molecule has 0 fully saturated rings. The molecular weight excluding hydrogens is 368 g/mol. The van der Waals surface area contributed by atoms with Crippen molar-refractivity contribution in [2.75, 3.05) is 17.3 Å². The van der Waals surface area contributed by atoms with E-state index in [1.807, 2.05) is 18.2 Å². The standard InChI is InChI=1S/C12H16Br2O2S/c1-17(15,16)8-4-5-10(9-13)11-6-2-3-7-12(11)14/h2-3,6-7,10H,4-5,8-9H2,1H3. The minimum atomic E-state index is -2.85. The molecule has 17 heavy (non-hydrogen) atoms. The molecule has 0 radical (unpaired) electrons. The van der Waals surface area contributed by atoms with Gasteiger partial charge < -0.3 is 0 Å². The summed E-state index contributed by atoms with van der Waals surface area (Å²) in [6, 6.07) is 8.08. The third kappa shape index (κ3) is 5.53. The average Bonchev–Trinajstić information content (AvgIpc) is 2.24. The normalized spacial score (nSPS) is 13.6. The van der Waals surface area contributed by atoms with Crippen LogP contribution in [0.2, 0.25) is 0 Å². The van der Waals surface area contributed by atoms with Crippen LogP contribution in [0.25, 0.3) is 0 Å². The summed E-state index contributed by atoms with van der Waals surface area (Å²) in [4.78, 5) is 0. The Bertz CT molecular complexity index is 457. The quantitative estimate of drug-likeness (QED) is 0.701. The molecule has 1 rings (SSSR count). The fraction of sp³-hybridized carbons (Fsp3) is 0.500. The van der Waals surface area contributed by atoms with Crippen LogP contribution < -0.4 is 0 Å². The van der Waals surface area contributed by atoms with Gasteiger partial charge in [-0.25, -0.2) is 8.42 Å². The SMILES string of the molecule is CS(=O)(=O)CCCC(CBr)c1ccccc1Br. The van der Waals surface area contributed by atoms with Crippen LogP contribution in [0, 0.1) is 0 Å². The molecule has 0 N–H and O–H groups in total. The molecule has 96 valence electrons. The van der Waals surface area contributed by atoms with Gasteiger partial charge in [-0.3, -0.25) is 0 Å². The average molecular weight is 384 g/mol. The zero-order valence-corrected chi connectivity index (χ0v) is 13.7. The van der Waals surface area contributed by atoms with E-state index in [-0.39, 0.29) is 5.75 Å². The maximum absolute atomic E-state index is 11.1. The van der Waals surface area contributed by atoms with E-state index in [1.165, 1.54) is 11.8 Å².